The van der Waals surface area contributed by atoms with Crippen LogP contribution in [0.15, 0.2) is 48.7 Å². The Morgan fingerprint density at radius 3 is 2.81 bits per heavy atom. The summed E-state index contributed by atoms with van der Waals surface area (Å²) in [5.74, 6) is 0.772. The van der Waals surface area contributed by atoms with Gasteiger partial charge in [0, 0.05) is 5.56 Å². The quantitative estimate of drug-likeness (QED) is 0.574. The molecule has 0 N–H and O–H groups in total. The fraction of sp³-hybridized carbons (Fsp3) is 0.0714. The Morgan fingerprint density at radius 1 is 1.19 bits per heavy atom. The molecule has 0 fully saturated rings. The van der Waals surface area contributed by atoms with E-state index in [1.807, 2.05) is 49.4 Å². The number of benzene rings is 2. The van der Waals surface area contributed by atoms with Gasteiger partial charge in [0.15, 0.2) is 6.29 Å². The van der Waals surface area contributed by atoms with Crippen LogP contribution in [-0.4, -0.2) is 6.29 Å². The van der Waals surface area contributed by atoms with Gasteiger partial charge in [-0.15, -0.1) is 0 Å². The summed E-state index contributed by atoms with van der Waals surface area (Å²) >= 11 is 0. The van der Waals surface area contributed by atoms with Crippen LogP contribution in [0, 0.1) is 0 Å². The molecule has 0 bridgehead atoms. The second-order valence-corrected chi connectivity index (χ2v) is 3.44. The van der Waals surface area contributed by atoms with E-state index in [4.69, 9.17) is 4.74 Å². The summed E-state index contributed by atoms with van der Waals surface area (Å²) in [4.78, 5) is 10.8. The zero-order chi connectivity index (χ0) is 11.4. The highest BCUT2D eigenvalue weighted by atomic mass is 16.5. The van der Waals surface area contributed by atoms with Crippen molar-refractivity contribution in [2.24, 2.45) is 0 Å². The Kier molecular flexibility index (Phi) is 3.01. The van der Waals surface area contributed by atoms with Gasteiger partial charge in [0.2, 0.25) is 0 Å². The number of ether oxygens (including phenoxy) is 1. The lowest BCUT2D eigenvalue weighted by molar-refractivity contribution is 0.112. The third-order valence-corrected chi connectivity index (χ3v) is 2.35. The Balaban J connectivity index is 2.50. The summed E-state index contributed by atoms with van der Waals surface area (Å²) in [5.41, 5.74) is 0.704. The minimum absolute atomic E-state index is 0.704. The number of carbonyl (C=O) groups is 1. The molecule has 0 aromatic heterocycles. The molecule has 2 aromatic rings. The molecule has 16 heavy (non-hydrogen) atoms. The number of allylic oxidation sites excluding steroid dienone is 1. The topological polar surface area (TPSA) is 26.3 Å². The molecule has 0 radical (unpaired) electrons. The van der Waals surface area contributed by atoms with Crippen LogP contribution < -0.4 is 4.74 Å². The van der Waals surface area contributed by atoms with Crippen molar-refractivity contribution in [1.82, 2.24) is 0 Å². The maximum atomic E-state index is 10.8. The zero-order valence-electron chi connectivity index (χ0n) is 9.01. The second kappa shape index (κ2) is 4.62. The molecule has 80 valence electrons. The van der Waals surface area contributed by atoms with Crippen LogP contribution in [-0.2, 0) is 0 Å². The predicted octanol–water partition coefficient (Wildman–Crippen LogP) is 3.56. The van der Waals surface area contributed by atoms with E-state index in [0.717, 1.165) is 22.8 Å². The molecule has 2 nitrogen and oxygen atoms in total. The van der Waals surface area contributed by atoms with E-state index >= 15 is 0 Å². The van der Waals surface area contributed by atoms with Crippen molar-refractivity contribution in [3.8, 4) is 5.75 Å². The lowest BCUT2D eigenvalue weighted by atomic mass is 10.1. The number of fused-ring (bicyclic) bond motifs is 1. The molecule has 0 spiro atoms. The van der Waals surface area contributed by atoms with Gasteiger partial charge in [-0.3, -0.25) is 4.79 Å². The predicted molar refractivity (Wildman–Crippen MR) is 64.8 cm³/mol. The van der Waals surface area contributed by atoms with Gasteiger partial charge in [-0.1, -0.05) is 24.3 Å². The van der Waals surface area contributed by atoms with Gasteiger partial charge in [-0.05, 0) is 35.9 Å². The largest absolute Gasteiger partial charge is 0.465 e. The summed E-state index contributed by atoms with van der Waals surface area (Å²) in [7, 11) is 0. The molecule has 0 aliphatic carbocycles. The van der Waals surface area contributed by atoms with Crippen LogP contribution in [0.2, 0.25) is 0 Å². The number of carbonyl (C=O) groups excluding carboxylic acids is 1. The molecule has 0 aliphatic rings. The molecular formula is C14H12O2. The molecule has 0 heterocycles. The SMILES string of the molecule is C/C=C/Oc1ccc2c(C=O)cccc2c1. The minimum atomic E-state index is 0.704. The van der Waals surface area contributed by atoms with Crippen LogP contribution in [0.1, 0.15) is 17.3 Å². The van der Waals surface area contributed by atoms with Crippen LogP contribution in [0.3, 0.4) is 0 Å². The first-order valence-electron chi connectivity index (χ1n) is 5.11. The second-order valence-electron chi connectivity index (χ2n) is 3.44. The molecule has 2 heteroatoms. The van der Waals surface area contributed by atoms with Crippen molar-refractivity contribution < 1.29 is 9.53 Å². The standard InChI is InChI=1S/C14H12O2/c1-2-8-16-13-6-7-14-11(9-13)4-3-5-12(14)10-15/h2-10H,1H3/b8-2+. The highest BCUT2D eigenvalue weighted by Gasteiger charge is 2.00. The average molecular weight is 212 g/mol. The first-order valence-corrected chi connectivity index (χ1v) is 5.11. The van der Waals surface area contributed by atoms with Crippen molar-refractivity contribution >= 4 is 17.1 Å². The summed E-state index contributed by atoms with van der Waals surface area (Å²) < 4.78 is 5.37. The Morgan fingerprint density at radius 2 is 2.06 bits per heavy atom. The van der Waals surface area contributed by atoms with Gasteiger partial charge < -0.3 is 4.74 Å². The number of rotatable bonds is 3. The fourth-order valence-corrected chi connectivity index (χ4v) is 1.61. The molecular weight excluding hydrogens is 200 g/mol. The van der Waals surface area contributed by atoms with Crippen LogP contribution in [0.25, 0.3) is 10.8 Å². The van der Waals surface area contributed by atoms with Gasteiger partial charge >= 0.3 is 0 Å². The van der Waals surface area contributed by atoms with Gasteiger partial charge in [-0.25, -0.2) is 0 Å². The molecule has 0 aliphatic heterocycles. The van der Waals surface area contributed by atoms with Gasteiger partial charge in [0.1, 0.15) is 5.75 Å². The van der Waals surface area contributed by atoms with E-state index in [2.05, 4.69) is 0 Å². The van der Waals surface area contributed by atoms with Gasteiger partial charge in [-0.2, -0.15) is 0 Å². The molecule has 2 rings (SSSR count). The van der Waals surface area contributed by atoms with Crippen molar-refractivity contribution in [2.45, 2.75) is 6.92 Å². The summed E-state index contributed by atoms with van der Waals surface area (Å²) in [6.45, 7) is 1.89. The Labute approximate surface area is 94.2 Å². The van der Waals surface area contributed by atoms with E-state index in [0.29, 0.717) is 5.56 Å². The molecule has 0 amide bonds. The van der Waals surface area contributed by atoms with Crippen LogP contribution >= 0.6 is 0 Å². The Hall–Kier alpha value is -2.09. The highest BCUT2D eigenvalue weighted by Crippen LogP contribution is 2.23. The molecule has 0 saturated carbocycles. The van der Waals surface area contributed by atoms with Gasteiger partial charge in [0.05, 0.1) is 6.26 Å². The van der Waals surface area contributed by atoms with Crippen molar-refractivity contribution in [3.05, 3.63) is 54.3 Å². The minimum Gasteiger partial charge on any atom is -0.465 e. The fourth-order valence-electron chi connectivity index (χ4n) is 1.61. The third-order valence-electron chi connectivity index (χ3n) is 2.35. The van der Waals surface area contributed by atoms with Crippen molar-refractivity contribution in [2.75, 3.05) is 0 Å². The van der Waals surface area contributed by atoms with Gasteiger partial charge in [0.25, 0.3) is 0 Å². The monoisotopic (exact) mass is 212 g/mol. The van der Waals surface area contributed by atoms with E-state index in [9.17, 15) is 4.79 Å². The van der Waals surface area contributed by atoms with E-state index < -0.39 is 0 Å². The smallest absolute Gasteiger partial charge is 0.150 e. The molecule has 0 unspecified atom stereocenters. The summed E-state index contributed by atoms with van der Waals surface area (Å²) in [5, 5.41) is 1.96. The van der Waals surface area contributed by atoms with Crippen molar-refractivity contribution in [1.29, 1.82) is 0 Å². The number of hydrogen-bond donors (Lipinski definition) is 0. The van der Waals surface area contributed by atoms with E-state index in [-0.39, 0.29) is 0 Å². The van der Waals surface area contributed by atoms with Crippen LogP contribution in [0.5, 0.6) is 5.75 Å². The van der Waals surface area contributed by atoms with E-state index in [1.54, 1.807) is 6.26 Å². The first kappa shape index (κ1) is 10.4. The summed E-state index contributed by atoms with van der Waals surface area (Å²) in [6, 6.07) is 11.3. The zero-order valence-corrected chi connectivity index (χ0v) is 9.01. The Bertz CT molecular complexity index is 541. The lowest BCUT2D eigenvalue weighted by Crippen LogP contribution is -1.85. The first-order chi connectivity index (χ1) is 7.85. The van der Waals surface area contributed by atoms with Crippen LogP contribution in [0.4, 0.5) is 0 Å². The maximum absolute atomic E-state index is 10.8. The lowest BCUT2D eigenvalue weighted by Gasteiger charge is -2.04. The third kappa shape index (κ3) is 1.96. The highest BCUT2D eigenvalue weighted by molar-refractivity contribution is 5.98. The van der Waals surface area contributed by atoms with E-state index in [1.165, 1.54) is 0 Å². The molecule has 0 atom stereocenters. The van der Waals surface area contributed by atoms with Crippen molar-refractivity contribution in [3.63, 3.8) is 0 Å². The number of aldehydes is 1. The normalized spacial score (nSPS) is 10.8. The maximum Gasteiger partial charge on any atom is 0.150 e. The summed E-state index contributed by atoms with van der Waals surface area (Å²) in [6.07, 6.45) is 4.32. The number of hydrogen-bond acceptors (Lipinski definition) is 2. The average Bonchev–Trinajstić information content (AvgIpc) is 2.35. The molecule has 0 saturated heterocycles. The molecule has 2 aromatic carbocycles.